The molecule has 2 unspecified atom stereocenters. The molecule has 0 bridgehead atoms. The van der Waals surface area contributed by atoms with Gasteiger partial charge in [0.2, 0.25) is 0 Å². The lowest BCUT2D eigenvalue weighted by atomic mass is 9.90. The maximum Gasteiger partial charge on any atom is 0.326 e. The number of carboxylic acids is 1. The fourth-order valence-electron chi connectivity index (χ4n) is 2.61. The lowest BCUT2D eigenvalue weighted by Crippen LogP contribution is -2.52. The SMILES string of the molecule is CC1CCCN(C(=O)c2ccc(F)cc2I)C1C(=O)O. The zero-order valence-corrected chi connectivity index (χ0v) is 13.1. The van der Waals surface area contributed by atoms with Crippen LogP contribution in [0.5, 0.6) is 0 Å². The molecule has 0 saturated carbocycles. The number of halogens is 2. The molecule has 20 heavy (non-hydrogen) atoms. The van der Waals surface area contributed by atoms with E-state index in [2.05, 4.69) is 0 Å². The number of carbonyl (C=O) groups is 2. The number of likely N-dealkylation sites (tertiary alicyclic amines) is 1. The van der Waals surface area contributed by atoms with Crippen LogP contribution in [0.15, 0.2) is 18.2 Å². The van der Waals surface area contributed by atoms with Crippen molar-refractivity contribution in [3.05, 3.63) is 33.1 Å². The van der Waals surface area contributed by atoms with Gasteiger partial charge < -0.3 is 10.0 Å². The van der Waals surface area contributed by atoms with Crippen LogP contribution in [0.4, 0.5) is 4.39 Å². The Hall–Kier alpha value is -1.18. The second-order valence-electron chi connectivity index (χ2n) is 5.03. The molecule has 108 valence electrons. The van der Waals surface area contributed by atoms with E-state index in [0.717, 1.165) is 12.8 Å². The lowest BCUT2D eigenvalue weighted by Gasteiger charge is -2.37. The highest BCUT2D eigenvalue weighted by atomic mass is 127. The van der Waals surface area contributed by atoms with Gasteiger partial charge in [0.1, 0.15) is 11.9 Å². The molecule has 1 aromatic rings. The molecule has 0 aromatic heterocycles. The van der Waals surface area contributed by atoms with Gasteiger partial charge in [0.15, 0.2) is 0 Å². The first-order valence-corrected chi connectivity index (χ1v) is 7.48. The molecule has 1 fully saturated rings. The van der Waals surface area contributed by atoms with Crippen LogP contribution in [-0.4, -0.2) is 34.5 Å². The Morgan fingerprint density at radius 2 is 2.15 bits per heavy atom. The quantitative estimate of drug-likeness (QED) is 0.789. The third kappa shape index (κ3) is 2.94. The molecule has 0 spiro atoms. The average molecular weight is 391 g/mol. The van der Waals surface area contributed by atoms with Crippen LogP contribution in [0, 0.1) is 15.3 Å². The van der Waals surface area contributed by atoms with Gasteiger partial charge in [0.25, 0.3) is 5.91 Å². The predicted octanol–water partition coefficient (Wildman–Crippen LogP) is 2.76. The number of benzene rings is 1. The number of amides is 1. The van der Waals surface area contributed by atoms with Gasteiger partial charge >= 0.3 is 5.97 Å². The topological polar surface area (TPSA) is 57.6 Å². The van der Waals surface area contributed by atoms with Crippen molar-refractivity contribution in [2.45, 2.75) is 25.8 Å². The minimum Gasteiger partial charge on any atom is -0.480 e. The van der Waals surface area contributed by atoms with E-state index >= 15 is 0 Å². The summed E-state index contributed by atoms with van der Waals surface area (Å²) in [6.07, 6.45) is 1.58. The normalized spacial score (nSPS) is 22.6. The third-order valence-corrected chi connectivity index (χ3v) is 4.50. The number of nitrogens with zero attached hydrogens (tertiary/aromatic N) is 1. The Morgan fingerprint density at radius 1 is 1.45 bits per heavy atom. The van der Waals surface area contributed by atoms with Crippen LogP contribution >= 0.6 is 22.6 Å². The van der Waals surface area contributed by atoms with E-state index in [9.17, 15) is 19.1 Å². The minimum absolute atomic E-state index is 0.0803. The molecule has 0 aliphatic carbocycles. The van der Waals surface area contributed by atoms with Gasteiger partial charge in [-0.1, -0.05) is 6.92 Å². The van der Waals surface area contributed by atoms with E-state index in [-0.39, 0.29) is 11.8 Å². The molecule has 2 rings (SSSR count). The van der Waals surface area contributed by atoms with Crippen LogP contribution < -0.4 is 0 Å². The first-order valence-electron chi connectivity index (χ1n) is 6.40. The summed E-state index contributed by atoms with van der Waals surface area (Å²) < 4.78 is 13.6. The Kier molecular flexibility index (Phi) is 4.62. The predicted molar refractivity (Wildman–Crippen MR) is 80.0 cm³/mol. The maximum atomic E-state index is 13.1. The van der Waals surface area contributed by atoms with E-state index in [0.29, 0.717) is 15.7 Å². The molecule has 6 heteroatoms. The van der Waals surface area contributed by atoms with Crippen LogP contribution in [0.1, 0.15) is 30.1 Å². The highest BCUT2D eigenvalue weighted by Crippen LogP contribution is 2.26. The van der Waals surface area contributed by atoms with Gasteiger partial charge in [0, 0.05) is 10.1 Å². The average Bonchev–Trinajstić information content (AvgIpc) is 2.37. The minimum atomic E-state index is -0.984. The molecule has 0 radical (unpaired) electrons. The fraction of sp³-hybridized carbons (Fsp3) is 0.429. The van der Waals surface area contributed by atoms with Crippen molar-refractivity contribution in [2.24, 2.45) is 5.92 Å². The largest absolute Gasteiger partial charge is 0.480 e. The summed E-state index contributed by atoms with van der Waals surface area (Å²) in [6, 6.07) is 3.10. The number of hydrogen-bond donors (Lipinski definition) is 1. The van der Waals surface area contributed by atoms with Gasteiger partial charge in [-0.2, -0.15) is 0 Å². The summed E-state index contributed by atoms with van der Waals surface area (Å²) in [7, 11) is 0. The highest BCUT2D eigenvalue weighted by Gasteiger charge is 2.37. The third-order valence-electron chi connectivity index (χ3n) is 3.61. The molecular weight excluding hydrogens is 376 g/mol. The van der Waals surface area contributed by atoms with Crippen molar-refractivity contribution in [2.75, 3.05) is 6.54 Å². The number of carbonyl (C=O) groups excluding carboxylic acids is 1. The second kappa shape index (κ2) is 6.07. The van der Waals surface area contributed by atoms with Gasteiger partial charge in [-0.15, -0.1) is 0 Å². The molecule has 1 saturated heterocycles. The van der Waals surface area contributed by atoms with Gasteiger partial charge in [0.05, 0.1) is 5.56 Å². The summed E-state index contributed by atoms with van der Waals surface area (Å²) in [4.78, 5) is 25.3. The van der Waals surface area contributed by atoms with E-state index in [4.69, 9.17) is 0 Å². The molecule has 2 atom stereocenters. The fourth-order valence-corrected chi connectivity index (χ4v) is 3.32. The number of carboxylic acid groups (broad SMARTS) is 1. The van der Waals surface area contributed by atoms with Gasteiger partial charge in [-0.3, -0.25) is 4.79 Å². The Labute approximate surface area is 130 Å². The molecule has 1 aromatic carbocycles. The van der Waals surface area contributed by atoms with Crippen molar-refractivity contribution >= 4 is 34.5 Å². The van der Waals surface area contributed by atoms with Crippen LogP contribution in [0.3, 0.4) is 0 Å². The zero-order chi connectivity index (χ0) is 14.9. The van der Waals surface area contributed by atoms with Crippen molar-refractivity contribution < 1.29 is 19.1 Å². The summed E-state index contributed by atoms with van der Waals surface area (Å²) in [5, 5.41) is 9.33. The van der Waals surface area contributed by atoms with Crippen LogP contribution in [0.2, 0.25) is 0 Å². The molecule has 4 nitrogen and oxygen atoms in total. The number of hydrogen-bond acceptors (Lipinski definition) is 2. The van der Waals surface area contributed by atoms with Crippen molar-refractivity contribution in [3.8, 4) is 0 Å². The Balaban J connectivity index is 2.33. The molecule has 1 aliphatic heterocycles. The first-order chi connectivity index (χ1) is 9.41. The van der Waals surface area contributed by atoms with Gasteiger partial charge in [-0.05, 0) is 59.5 Å². The maximum absolute atomic E-state index is 13.1. The van der Waals surface area contributed by atoms with Gasteiger partial charge in [-0.25, -0.2) is 9.18 Å². The summed E-state index contributed by atoms with van der Waals surface area (Å²) >= 11 is 1.89. The smallest absolute Gasteiger partial charge is 0.326 e. The number of piperidine rings is 1. The standard InChI is InChI=1S/C14H15FINO3/c1-8-3-2-6-17(12(8)14(19)20)13(18)10-5-4-9(15)7-11(10)16/h4-5,7-8,12H,2-3,6H2,1H3,(H,19,20). The number of rotatable bonds is 2. The van der Waals surface area contributed by atoms with Crippen LogP contribution in [-0.2, 0) is 4.79 Å². The molecule has 1 aliphatic rings. The monoisotopic (exact) mass is 391 g/mol. The molecule has 1 heterocycles. The lowest BCUT2D eigenvalue weighted by molar-refractivity contribution is -0.145. The van der Waals surface area contributed by atoms with Crippen LogP contribution in [0.25, 0.3) is 0 Å². The van der Waals surface area contributed by atoms with E-state index in [1.54, 1.807) is 0 Å². The zero-order valence-electron chi connectivity index (χ0n) is 11.0. The Morgan fingerprint density at radius 3 is 2.75 bits per heavy atom. The van der Waals surface area contributed by atoms with E-state index in [1.807, 2.05) is 29.5 Å². The Bertz CT molecular complexity index is 549. The summed E-state index contributed by atoms with van der Waals surface area (Å²) in [5.41, 5.74) is 0.354. The van der Waals surface area contributed by atoms with Crippen molar-refractivity contribution in [1.82, 2.24) is 4.90 Å². The molecular formula is C14H15FINO3. The molecule has 1 N–H and O–H groups in total. The summed E-state index contributed by atoms with van der Waals surface area (Å²) in [6.45, 7) is 2.27. The van der Waals surface area contributed by atoms with E-state index < -0.39 is 17.8 Å². The molecule has 1 amide bonds. The van der Waals surface area contributed by atoms with E-state index in [1.165, 1.54) is 23.1 Å². The second-order valence-corrected chi connectivity index (χ2v) is 6.19. The summed E-state index contributed by atoms with van der Waals surface area (Å²) in [5.74, 6) is -1.81. The van der Waals surface area contributed by atoms with Crippen molar-refractivity contribution in [1.29, 1.82) is 0 Å². The highest BCUT2D eigenvalue weighted by molar-refractivity contribution is 14.1. The first kappa shape index (κ1) is 15.2. The van der Waals surface area contributed by atoms with Crippen molar-refractivity contribution in [3.63, 3.8) is 0 Å². The number of aliphatic carboxylic acids is 1.